The highest BCUT2D eigenvalue weighted by Gasteiger charge is 2.61. The average molecular weight is 495 g/mol. The maximum absolute atomic E-state index is 13.3. The van der Waals surface area contributed by atoms with Crippen LogP contribution in [0.2, 0.25) is 5.02 Å². The molecule has 174 valence electrons. The molecule has 0 unspecified atom stereocenters. The van der Waals surface area contributed by atoms with Crippen molar-refractivity contribution in [3.05, 3.63) is 59.4 Å². The maximum atomic E-state index is 13.3. The van der Waals surface area contributed by atoms with Gasteiger partial charge in [-0.25, -0.2) is 12.8 Å². The molecule has 1 aliphatic carbocycles. The normalized spacial score (nSPS) is 22.3. The van der Waals surface area contributed by atoms with Crippen molar-refractivity contribution in [2.75, 3.05) is 13.2 Å². The smallest absolute Gasteiger partial charge is 0.323 e. The fourth-order valence-corrected chi connectivity index (χ4v) is 6.43. The van der Waals surface area contributed by atoms with Gasteiger partial charge in [0.05, 0.1) is 21.8 Å². The van der Waals surface area contributed by atoms with Crippen LogP contribution < -0.4 is 10.5 Å². The molecular formula is C22H20ClFN2O6S. The standard InChI is InChI=1S/C22H20ClFN2O6S/c23-18-3-1-2-4-19(18)33(29,30)17-11-14(13-32-16-7-5-15(24)6-8-16)22(12-17,20(26)27)21(28)31-10-9-25/h1-8,14,17H,10-13H2,(H2,26,27)/t14-,17+,22+/m0/s1. The number of carbonyl (C=O) groups is 2. The van der Waals surface area contributed by atoms with Gasteiger partial charge in [-0.1, -0.05) is 23.7 Å². The first-order chi connectivity index (χ1) is 15.6. The largest absolute Gasteiger partial charge is 0.493 e. The fourth-order valence-electron chi connectivity index (χ4n) is 4.04. The van der Waals surface area contributed by atoms with E-state index in [1.165, 1.54) is 30.3 Å². The molecule has 33 heavy (non-hydrogen) atoms. The Bertz CT molecular complexity index is 1200. The molecule has 8 nitrogen and oxygen atoms in total. The number of ether oxygens (including phenoxy) is 2. The summed E-state index contributed by atoms with van der Waals surface area (Å²) in [5, 5.41) is 7.58. The molecule has 1 fully saturated rings. The Balaban J connectivity index is 1.98. The van der Waals surface area contributed by atoms with E-state index in [2.05, 4.69) is 0 Å². The third kappa shape index (κ3) is 4.79. The Morgan fingerprint density at radius 1 is 1.21 bits per heavy atom. The zero-order valence-electron chi connectivity index (χ0n) is 17.2. The predicted octanol–water partition coefficient (Wildman–Crippen LogP) is 2.65. The Labute approximate surface area is 195 Å². The van der Waals surface area contributed by atoms with Gasteiger partial charge in [-0.15, -0.1) is 0 Å². The number of sulfone groups is 1. The van der Waals surface area contributed by atoms with Crippen LogP contribution >= 0.6 is 11.6 Å². The van der Waals surface area contributed by atoms with Crippen LogP contribution in [-0.4, -0.2) is 38.8 Å². The molecule has 2 N–H and O–H groups in total. The number of nitriles is 1. The Morgan fingerprint density at radius 3 is 2.48 bits per heavy atom. The minimum atomic E-state index is -4.07. The molecule has 11 heteroatoms. The van der Waals surface area contributed by atoms with Crippen molar-refractivity contribution >= 4 is 33.3 Å². The molecule has 0 saturated heterocycles. The minimum absolute atomic E-state index is 0.000226. The van der Waals surface area contributed by atoms with Gasteiger partial charge in [-0.2, -0.15) is 5.26 Å². The van der Waals surface area contributed by atoms with Gasteiger partial charge < -0.3 is 15.2 Å². The number of primary amides is 1. The topological polar surface area (TPSA) is 137 Å². The van der Waals surface area contributed by atoms with Crippen molar-refractivity contribution in [3.63, 3.8) is 0 Å². The van der Waals surface area contributed by atoms with E-state index in [1.54, 1.807) is 12.1 Å². The van der Waals surface area contributed by atoms with Crippen molar-refractivity contribution in [2.24, 2.45) is 17.1 Å². The zero-order chi connectivity index (χ0) is 24.2. The van der Waals surface area contributed by atoms with Crippen molar-refractivity contribution in [2.45, 2.75) is 23.0 Å². The number of hydrogen-bond donors (Lipinski definition) is 1. The van der Waals surface area contributed by atoms with E-state index in [0.29, 0.717) is 0 Å². The Morgan fingerprint density at radius 2 is 1.88 bits per heavy atom. The molecule has 0 radical (unpaired) electrons. The second-order valence-corrected chi connectivity index (χ2v) is 10.2. The van der Waals surface area contributed by atoms with Crippen LogP contribution in [0.3, 0.4) is 0 Å². The quantitative estimate of drug-likeness (QED) is 0.440. The molecule has 3 atom stereocenters. The summed E-state index contributed by atoms with van der Waals surface area (Å²) in [6.45, 7) is -0.911. The summed E-state index contributed by atoms with van der Waals surface area (Å²) < 4.78 is 50.4. The highest BCUT2D eigenvalue weighted by atomic mass is 35.5. The number of amides is 1. The monoisotopic (exact) mass is 494 g/mol. The number of esters is 1. The molecule has 2 aromatic carbocycles. The number of carbonyl (C=O) groups excluding carboxylic acids is 2. The van der Waals surface area contributed by atoms with Crippen LogP contribution in [0.1, 0.15) is 12.8 Å². The van der Waals surface area contributed by atoms with Crippen LogP contribution in [-0.2, 0) is 24.2 Å². The first-order valence-corrected chi connectivity index (χ1v) is 11.8. The van der Waals surface area contributed by atoms with E-state index in [4.69, 9.17) is 32.1 Å². The fraction of sp³-hybridized carbons (Fsp3) is 0.318. The maximum Gasteiger partial charge on any atom is 0.323 e. The van der Waals surface area contributed by atoms with Gasteiger partial charge >= 0.3 is 5.97 Å². The molecule has 0 aliphatic heterocycles. The summed E-state index contributed by atoms with van der Waals surface area (Å²) in [5.74, 6) is -3.41. The first kappa shape index (κ1) is 24.5. The number of rotatable bonds is 8. The summed E-state index contributed by atoms with van der Waals surface area (Å²) in [7, 11) is -4.07. The SMILES string of the molecule is N#CCOC(=O)[C@]1(C(N)=O)C[C@H](S(=O)(=O)c2ccccc2Cl)C[C@H]1COc1ccc(F)cc1. The second-order valence-electron chi connectivity index (χ2n) is 7.57. The van der Waals surface area contributed by atoms with E-state index in [9.17, 15) is 22.4 Å². The number of hydrogen-bond acceptors (Lipinski definition) is 7. The van der Waals surface area contributed by atoms with Crippen LogP contribution in [0.15, 0.2) is 53.4 Å². The van der Waals surface area contributed by atoms with Crippen molar-refractivity contribution < 1.29 is 31.9 Å². The molecule has 0 heterocycles. The van der Waals surface area contributed by atoms with E-state index >= 15 is 0 Å². The Kier molecular flexibility index (Phi) is 7.25. The summed E-state index contributed by atoms with van der Waals surface area (Å²) in [6, 6.07) is 12.5. The summed E-state index contributed by atoms with van der Waals surface area (Å²) in [4.78, 5) is 25.4. The third-order valence-corrected chi connectivity index (χ3v) is 8.36. The molecule has 0 spiro atoms. The molecule has 2 aromatic rings. The van der Waals surface area contributed by atoms with Gasteiger partial charge in [-0.3, -0.25) is 9.59 Å². The van der Waals surface area contributed by atoms with Crippen molar-refractivity contribution in [1.29, 1.82) is 5.26 Å². The summed E-state index contributed by atoms with van der Waals surface area (Å²) in [6.07, 6.45) is -0.614. The zero-order valence-corrected chi connectivity index (χ0v) is 18.8. The average Bonchev–Trinajstić information content (AvgIpc) is 3.19. The van der Waals surface area contributed by atoms with Gasteiger partial charge in [0.25, 0.3) is 0 Å². The number of halogens is 2. The molecule has 0 aromatic heterocycles. The molecule has 0 bridgehead atoms. The van der Waals surface area contributed by atoms with Crippen LogP contribution in [0.25, 0.3) is 0 Å². The molecule has 1 amide bonds. The number of benzene rings is 2. The highest BCUT2D eigenvalue weighted by Crippen LogP contribution is 2.49. The van der Waals surface area contributed by atoms with Gasteiger partial charge in [0.1, 0.15) is 17.6 Å². The number of nitrogens with two attached hydrogens (primary N) is 1. The lowest BCUT2D eigenvalue weighted by atomic mass is 9.77. The minimum Gasteiger partial charge on any atom is -0.493 e. The van der Waals surface area contributed by atoms with E-state index in [1.807, 2.05) is 0 Å². The predicted molar refractivity (Wildman–Crippen MR) is 115 cm³/mol. The Hall–Kier alpha value is -3.16. The lowest BCUT2D eigenvalue weighted by Gasteiger charge is -2.29. The number of nitrogens with zero attached hydrogens (tertiary/aromatic N) is 1. The van der Waals surface area contributed by atoms with Crippen LogP contribution in [0.5, 0.6) is 5.75 Å². The van der Waals surface area contributed by atoms with E-state index < -0.39 is 57.1 Å². The van der Waals surface area contributed by atoms with Crippen molar-refractivity contribution in [1.82, 2.24) is 0 Å². The van der Waals surface area contributed by atoms with Gasteiger partial charge in [0.2, 0.25) is 5.91 Å². The highest BCUT2D eigenvalue weighted by molar-refractivity contribution is 7.92. The van der Waals surface area contributed by atoms with Gasteiger partial charge in [-0.05, 0) is 49.2 Å². The second kappa shape index (κ2) is 9.77. The molecule has 1 aliphatic rings. The van der Waals surface area contributed by atoms with Gasteiger partial charge in [0.15, 0.2) is 21.9 Å². The third-order valence-electron chi connectivity index (χ3n) is 5.71. The van der Waals surface area contributed by atoms with E-state index in [0.717, 1.165) is 12.1 Å². The lowest BCUT2D eigenvalue weighted by Crippen LogP contribution is -2.49. The molecule has 3 rings (SSSR count). The van der Waals surface area contributed by atoms with Gasteiger partial charge in [0, 0.05) is 5.92 Å². The lowest BCUT2D eigenvalue weighted by molar-refractivity contribution is -0.162. The molecular weight excluding hydrogens is 475 g/mol. The summed E-state index contributed by atoms with van der Waals surface area (Å²) >= 11 is 6.09. The van der Waals surface area contributed by atoms with E-state index in [-0.39, 0.29) is 28.7 Å². The summed E-state index contributed by atoms with van der Waals surface area (Å²) in [5.41, 5.74) is 3.56. The van der Waals surface area contributed by atoms with Crippen LogP contribution in [0.4, 0.5) is 4.39 Å². The van der Waals surface area contributed by atoms with Crippen molar-refractivity contribution in [3.8, 4) is 11.8 Å². The molecule has 1 saturated carbocycles. The first-order valence-electron chi connectivity index (χ1n) is 9.83. The van der Waals surface area contributed by atoms with Crippen LogP contribution in [0, 0.1) is 28.5 Å².